The van der Waals surface area contributed by atoms with Gasteiger partial charge in [0.2, 0.25) is 0 Å². The van der Waals surface area contributed by atoms with Gasteiger partial charge >= 0.3 is 12.0 Å². The summed E-state index contributed by atoms with van der Waals surface area (Å²) in [6.07, 6.45) is 9.95. The first-order valence-corrected chi connectivity index (χ1v) is 8.45. The van der Waals surface area contributed by atoms with Crippen molar-refractivity contribution in [1.82, 2.24) is 10.6 Å². The SMILES string of the molecule is O=C(NC(C(=O)O)C1CCCCC1)NC(C1CC1)C1CC1. The molecule has 2 amide bonds. The largest absolute Gasteiger partial charge is 0.480 e. The summed E-state index contributed by atoms with van der Waals surface area (Å²) in [5, 5.41) is 15.2. The molecular weight excluding hydrogens is 268 g/mol. The Balaban J connectivity index is 1.54. The molecular formula is C16H26N2O3. The molecule has 0 aliphatic heterocycles. The van der Waals surface area contributed by atoms with Crippen LogP contribution < -0.4 is 10.6 Å². The third-order valence-corrected chi connectivity index (χ3v) is 5.23. The normalized spacial score (nSPS) is 24.6. The highest BCUT2D eigenvalue weighted by molar-refractivity contribution is 5.83. The Bertz CT molecular complexity index is 386. The number of urea groups is 1. The molecule has 3 fully saturated rings. The number of amides is 2. The number of carbonyl (C=O) groups excluding carboxylic acids is 1. The third-order valence-electron chi connectivity index (χ3n) is 5.23. The number of carboxylic acid groups (broad SMARTS) is 1. The molecule has 0 bridgehead atoms. The minimum Gasteiger partial charge on any atom is -0.480 e. The Morgan fingerprint density at radius 3 is 1.86 bits per heavy atom. The lowest BCUT2D eigenvalue weighted by atomic mass is 9.84. The van der Waals surface area contributed by atoms with Crippen molar-refractivity contribution in [1.29, 1.82) is 0 Å². The lowest BCUT2D eigenvalue weighted by Crippen LogP contribution is -2.53. The number of aliphatic carboxylic acids is 1. The van der Waals surface area contributed by atoms with Gasteiger partial charge < -0.3 is 15.7 Å². The van der Waals surface area contributed by atoms with Crippen LogP contribution in [0.1, 0.15) is 57.8 Å². The lowest BCUT2D eigenvalue weighted by molar-refractivity contribution is -0.141. The minimum atomic E-state index is -0.897. The number of hydrogen-bond donors (Lipinski definition) is 3. The Kier molecular flexibility index (Phi) is 4.36. The summed E-state index contributed by atoms with van der Waals surface area (Å²) in [4.78, 5) is 23.7. The van der Waals surface area contributed by atoms with E-state index in [9.17, 15) is 14.7 Å². The van der Waals surface area contributed by atoms with Crippen LogP contribution in [0, 0.1) is 17.8 Å². The molecule has 0 aromatic heterocycles. The smallest absolute Gasteiger partial charge is 0.326 e. The Morgan fingerprint density at radius 1 is 0.810 bits per heavy atom. The topological polar surface area (TPSA) is 78.4 Å². The molecule has 0 spiro atoms. The summed E-state index contributed by atoms with van der Waals surface area (Å²) in [6.45, 7) is 0. The molecule has 0 aromatic carbocycles. The Hall–Kier alpha value is -1.26. The molecule has 5 heteroatoms. The fourth-order valence-electron chi connectivity index (χ4n) is 3.71. The second-order valence-electron chi connectivity index (χ2n) is 7.03. The van der Waals surface area contributed by atoms with Crippen molar-refractivity contribution in [2.75, 3.05) is 0 Å². The zero-order valence-corrected chi connectivity index (χ0v) is 12.5. The second-order valence-corrected chi connectivity index (χ2v) is 7.03. The Morgan fingerprint density at radius 2 is 1.38 bits per heavy atom. The fraction of sp³-hybridized carbons (Fsp3) is 0.875. The van der Waals surface area contributed by atoms with Crippen LogP contribution in [-0.4, -0.2) is 29.2 Å². The molecule has 0 heterocycles. The van der Waals surface area contributed by atoms with E-state index in [0.717, 1.165) is 25.7 Å². The highest BCUT2D eigenvalue weighted by Crippen LogP contribution is 2.44. The molecule has 0 radical (unpaired) electrons. The number of rotatable bonds is 6. The first-order chi connectivity index (χ1) is 10.1. The molecule has 0 aromatic rings. The van der Waals surface area contributed by atoms with E-state index in [1.54, 1.807) is 0 Å². The molecule has 118 valence electrons. The minimum absolute atomic E-state index is 0.0855. The first kappa shape index (κ1) is 14.7. The second kappa shape index (κ2) is 6.24. The molecule has 3 aliphatic rings. The van der Waals surface area contributed by atoms with Crippen LogP contribution in [0.4, 0.5) is 4.79 Å². The summed E-state index contributed by atoms with van der Waals surface area (Å²) in [5.74, 6) is 0.441. The molecule has 5 nitrogen and oxygen atoms in total. The van der Waals surface area contributed by atoms with Gasteiger partial charge in [-0.1, -0.05) is 19.3 Å². The third kappa shape index (κ3) is 3.89. The van der Waals surface area contributed by atoms with E-state index in [4.69, 9.17) is 0 Å². The van der Waals surface area contributed by atoms with E-state index in [2.05, 4.69) is 10.6 Å². The molecule has 0 saturated heterocycles. The van der Waals surface area contributed by atoms with E-state index >= 15 is 0 Å². The van der Waals surface area contributed by atoms with Crippen LogP contribution in [0.5, 0.6) is 0 Å². The van der Waals surface area contributed by atoms with Gasteiger partial charge in [-0.25, -0.2) is 9.59 Å². The van der Waals surface area contributed by atoms with Crippen molar-refractivity contribution in [3.05, 3.63) is 0 Å². The number of nitrogens with one attached hydrogen (secondary N) is 2. The van der Waals surface area contributed by atoms with Crippen LogP contribution in [0.25, 0.3) is 0 Å². The van der Waals surface area contributed by atoms with Gasteiger partial charge in [-0.15, -0.1) is 0 Å². The van der Waals surface area contributed by atoms with Crippen molar-refractivity contribution < 1.29 is 14.7 Å². The van der Waals surface area contributed by atoms with Crippen LogP contribution in [0.3, 0.4) is 0 Å². The number of carboxylic acids is 1. The maximum absolute atomic E-state index is 12.2. The van der Waals surface area contributed by atoms with Gasteiger partial charge in [0, 0.05) is 6.04 Å². The molecule has 3 saturated carbocycles. The van der Waals surface area contributed by atoms with Crippen molar-refractivity contribution in [2.45, 2.75) is 69.9 Å². The van der Waals surface area contributed by atoms with Crippen molar-refractivity contribution in [3.8, 4) is 0 Å². The average molecular weight is 294 g/mol. The molecule has 1 atom stereocenters. The zero-order valence-electron chi connectivity index (χ0n) is 12.5. The summed E-state index contributed by atoms with van der Waals surface area (Å²) in [5.41, 5.74) is 0. The highest BCUT2D eigenvalue weighted by atomic mass is 16.4. The molecule has 3 rings (SSSR count). The standard InChI is InChI=1S/C16H26N2O3/c19-15(20)14(10-4-2-1-3-5-10)18-16(21)17-13(11-6-7-11)12-8-9-12/h10-14H,1-9H2,(H,19,20)(H2,17,18,21). The Labute approximate surface area is 125 Å². The van der Waals surface area contributed by atoms with E-state index in [0.29, 0.717) is 11.8 Å². The van der Waals surface area contributed by atoms with Gasteiger partial charge in [0.05, 0.1) is 0 Å². The predicted octanol–water partition coefficient (Wildman–Crippen LogP) is 2.51. The average Bonchev–Trinajstić information content (AvgIpc) is 3.36. The van der Waals surface area contributed by atoms with Crippen molar-refractivity contribution in [3.63, 3.8) is 0 Å². The number of carbonyl (C=O) groups is 2. The van der Waals surface area contributed by atoms with E-state index in [1.165, 1.54) is 32.1 Å². The van der Waals surface area contributed by atoms with E-state index < -0.39 is 12.0 Å². The van der Waals surface area contributed by atoms with Crippen LogP contribution in [0.2, 0.25) is 0 Å². The fourth-order valence-corrected chi connectivity index (χ4v) is 3.71. The predicted molar refractivity (Wildman–Crippen MR) is 78.9 cm³/mol. The summed E-state index contributed by atoms with van der Waals surface area (Å²) < 4.78 is 0. The van der Waals surface area contributed by atoms with E-state index in [1.807, 2.05) is 0 Å². The molecule has 3 aliphatic carbocycles. The molecule has 1 unspecified atom stereocenters. The summed E-state index contributed by atoms with van der Waals surface area (Å²) >= 11 is 0. The van der Waals surface area contributed by atoms with Gasteiger partial charge in [-0.3, -0.25) is 0 Å². The molecule has 21 heavy (non-hydrogen) atoms. The maximum Gasteiger partial charge on any atom is 0.326 e. The van der Waals surface area contributed by atoms with Gasteiger partial charge in [-0.05, 0) is 56.3 Å². The zero-order chi connectivity index (χ0) is 14.8. The van der Waals surface area contributed by atoms with Crippen LogP contribution >= 0.6 is 0 Å². The number of hydrogen-bond acceptors (Lipinski definition) is 2. The summed E-state index contributed by atoms with van der Waals surface area (Å²) in [6, 6.07) is -0.744. The van der Waals surface area contributed by atoms with E-state index in [-0.39, 0.29) is 18.0 Å². The van der Waals surface area contributed by atoms with Crippen molar-refractivity contribution in [2.24, 2.45) is 17.8 Å². The van der Waals surface area contributed by atoms with Gasteiger partial charge in [0.1, 0.15) is 6.04 Å². The maximum atomic E-state index is 12.2. The van der Waals surface area contributed by atoms with Crippen LogP contribution in [-0.2, 0) is 4.79 Å². The quantitative estimate of drug-likeness (QED) is 0.704. The summed E-state index contributed by atoms with van der Waals surface area (Å²) in [7, 11) is 0. The lowest BCUT2D eigenvalue weighted by Gasteiger charge is -2.29. The van der Waals surface area contributed by atoms with Gasteiger partial charge in [0.15, 0.2) is 0 Å². The van der Waals surface area contributed by atoms with Gasteiger partial charge in [-0.2, -0.15) is 0 Å². The molecule has 3 N–H and O–H groups in total. The van der Waals surface area contributed by atoms with Crippen LogP contribution in [0.15, 0.2) is 0 Å². The highest BCUT2D eigenvalue weighted by Gasteiger charge is 2.42. The van der Waals surface area contributed by atoms with Gasteiger partial charge in [0.25, 0.3) is 0 Å². The van der Waals surface area contributed by atoms with Crippen molar-refractivity contribution >= 4 is 12.0 Å². The monoisotopic (exact) mass is 294 g/mol. The first-order valence-electron chi connectivity index (χ1n) is 8.45.